The minimum absolute atomic E-state index is 0.0625. The summed E-state index contributed by atoms with van der Waals surface area (Å²) in [6.45, 7) is 11.2. The summed E-state index contributed by atoms with van der Waals surface area (Å²) in [4.78, 5) is 11.9. The molecule has 1 unspecified atom stereocenters. The Kier molecular flexibility index (Phi) is 6.21. The number of nitrogens with one attached hydrogen (secondary N) is 2. The zero-order valence-electron chi connectivity index (χ0n) is 13.4. The van der Waals surface area contributed by atoms with Crippen molar-refractivity contribution >= 4 is 5.91 Å². The van der Waals surface area contributed by atoms with Crippen molar-refractivity contribution in [1.82, 2.24) is 10.6 Å². The fourth-order valence-corrected chi connectivity index (χ4v) is 2.12. The first-order valence-electron chi connectivity index (χ1n) is 7.37. The summed E-state index contributed by atoms with van der Waals surface area (Å²) in [5, 5.41) is 6.39. The van der Waals surface area contributed by atoms with Gasteiger partial charge in [-0.15, -0.1) is 0 Å². The van der Waals surface area contributed by atoms with Gasteiger partial charge in [-0.3, -0.25) is 4.79 Å². The molecule has 1 aromatic rings. The maximum atomic E-state index is 11.9. The number of rotatable bonds is 6. The fraction of sp³-hybridized carbons (Fsp3) is 0.588. The maximum absolute atomic E-state index is 11.9. The lowest BCUT2D eigenvalue weighted by Crippen LogP contribution is -2.40. The Morgan fingerprint density at radius 1 is 1.25 bits per heavy atom. The monoisotopic (exact) mass is 276 g/mol. The van der Waals surface area contributed by atoms with E-state index in [2.05, 4.69) is 57.4 Å². The summed E-state index contributed by atoms with van der Waals surface area (Å²) in [6.07, 6.45) is 1.40. The average molecular weight is 276 g/mol. The minimum atomic E-state index is 0.0625. The second kappa shape index (κ2) is 7.44. The first-order valence-corrected chi connectivity index (χ1v) is 7.37. The third-order valence-corrected chi connectivity index (χ3v) is 3.20. The van der Waals surface area contributed by atoms with Crippen molar-refractivity contribution in [3.63, 3.8) is 0 Å². The molecule has 3 nitrogen and oxygen atoms in total. The summed E-state index contributed by atoms with van der Waals surface area (Å²) in [6, 6.07) is 8.49. The van der Waals surface area contributed by atoms with Crippen LogP contribution in [0.3, 0.4) is 0 Å². The van der Waals surface area contributed by atoms with Crippen LogP contribution in [0, 0.1) is 6.92 Å². The zero-order chi connectivity index (χ0) is 15.2. The molecule has 3 heteroatoms. The van der Waals surface area contributed by atoms with Gasteiger partial charge in [0.25, 0.3) is 0 Å². The molecule has 0 bridgehead atoms. The molecular formula is C17H28N2O. The Bertz CT molecular complexity index is 435. The normalized spacial score (nSPS) is 13.1. The number of aryl methyl sites for hydroxylation is 1. The molecule has 0 aliphatic heterocycles. The molecule has 1 amide bonds. The summed E-state index contributed by atoms with van der Waals surface area (Å²) >= 11 is 0. The third kappa shape index (κ3) is 6.71. The molecule has 0 heterocycles. The van der Waals surface area contributed by atoms with Gasteiger partial charge in [-0.2, -0.15) is 0 Å². The molecule has 1 aromatic carbocycles. The van der Waals surface area contributed by atoms with Crippen LogP contribution in [0.15, 0.2) is 24.3 Å². The summed E-state index contributed by atoms with van der Waals surface area (Å²) in [7, 11) is 0. The van der Waals surface area contributed by atoms with E-state index in [1.54, 1.807) is 0 Å². The number of benzene rings is 1. The molecule has 0 aromatic heterocycles. The standard InChI is InChI=1S/C17H28N2O/c1-13-8-6-7-9-15(13)12-14(2)19-16(20)10-11-18-17(3,4)5/h6-9,14,18H,10-12H2,1-5H3,(H,19,20). The van der Waals surface area contributed by atoms with E-state index in [0.717, 1.165) is 6.42 Å². The third-order valence-electron chi connectivity index (χ3n) is 3.20. The highest BCUT2D eigenvalue weighted by molar-refractivity contribution is 5.76. The largest absolute Gasteiger partial charge is 0.353 e. The van der Waals surface area contributed by atoms with Crippen molar-refractivity contribution in [3.8, 4) is 0 Å². The van der Waals surface area contributed by atoms with Crippen LogP contribution >= 0.6 is 0 Å². The van der Waals surface area contributed by atoms with Crippen molar-refractivity contribution in [1.29, 1.82) is 0 Å². The van der Waals surface area contributed by atoms with E-state index < -0.39 is 0 Å². The summed E-state index contributed by atoms with van der Waals surface area (Å²) in [5.41, 5.74) is 2.64. The Hall–Kier alpha value is -1.35. The number of hydrogen-bond acceptors (Lipinski definition) is 2. The number of amides is 1. The molecule has 0 aliphatic carbocycles. The fourth-order valence-electron chi connectivity index (χ4n) is 2.12. The molecule has 112 valence electrons. The van der Waals surface area contributed by atoms with E-state index in [1.807, 2.05) is 12.1 Å². The van der Waals surface area contributed by atoms with Crippen LogP contribution < -0.4 is 10.6 Å². The van der Waals surface area contributed by atoms with Gasteiger partial charge in [0.15, 0.2) is 0 Å². The molecule has 1 rings (SSSR count). The smallest absolute Gasteiger partial charge is 0.221 e. The van der Waals surface area contributed by atoms with Gasteiger partial charge in [0.05, 0.1) is 0 Å². The van der Waals surface area contributed by atoms with Crippen LogP contribution in [-0.4, -0.2) is 24.0 Å². The van der Waals surface area contributed by atoms with Gasteiger partial charge in [0, 0.05) is 24.5 Å². The van der Waals surface area contributed by atoms with Crippen molar-refractivity contribution in [3.05, 3.63) is 35.4 Å². The summed E-state index contributed by atoms with van der Waals surface area (Å²) < 4.78 is 0. The quantitative estimate of drug-likeness (QED) is 0.839. The van der Waals surface area contributed by atoms with Crippen LogP contribution in [0.1, 0.15) is 45.2 Å². The molecule has 0 fully saturated rings. The van der Waals surface area contributed by atoms with Gasteiger partial charge in [-0.25, -0.2) is 0 Å². The second-order valence-electron chi connectivity index (χ2n) is 6.53. The Balaban J connectivity index is 2.33. The number of hydrogen-bond donors (Lipinski definition) is 2. The minimum Gasteiger partial charge on any atom is -0.353 e. The molecule has 0 aliphatic rings. The number of carbonyl (C=O) groups excluding carboxylic acids is 1. The molecule has 20 heavy (non-hydrogen) atoms. The highest BCUT2D eigenvalue weighted by Gasteiger charge is 2.12. The van der Waals surface area contributed by atoms with Gasteiger partial charge in [0.2, 0.25) is 5.91 Å². The van der Waals surface area contributed by atoms with E-state index in [0.29, 0.717) is 13.0 Å². The van der Waals surface area contributed by atoms with E-state index >= 15 is 0 Å². The molecule has 0 saturated carbocycles. The van der Waals surface area contributed by atoms with Crippen LogP contribution in [0.25, 0.3) is 0 Å². The molecule has 0 spiro atoms. The van der Waals surface area contributed by atoms with Crippen molar-refractivity contribution < 1.29 is 4.79 Å². The topological polar surface area (TPSA) is 41.1 Å². The SMILES string of the molecule is Cc1ccccc1CC(C)NC(=O)CCNC(C)(C)C. The lowest BCUT2D eigenvalue weighted by molar-refractivity contribution is -0.121. The highest BCUT2D eigenvalue weighted by atomic mass is 16.1. The molecule has 2 N–H and O–H groups in total. The second-order valence-corrected chi connectivity index (χ2v) is 6.53. The predicted octanol–water partition coefficient (Wildman–Crippen LogP) is 2.82. The first kappa shape index (κ1) is 16.7. The van der Waals surface area contributed by atoms with Gasteiger partial charge >= 0.3 is 0 Å². The van der Waals surface area contributed by atoms with E-state index in [-0.39, 0.29) is 17.5 Å². The predicted molar refractivity (Wildman–Crippen MR) is 84.9 cm³/mol. The lowest BCUT2D eigenvalue weighted by atomic mass is 10.0. The van der Waals surface area contributed by atoms with Gasteiger partial charge in [-0.1, -0.05) is 24.3 Å². The van der Waals surface area contributed by atoms with Crippen molar-refractivity contribution in [2.24, 2.45) is 0 Å². The Morgan fingerprint density at radius 2 is 1.90 bits per heavy atom. The highest BCUT2D eigenvalue weighted by Crippen LogP contribution is 2.09. The van der Waals surface area contributed by atoms with Crippen molar-refractivity contribution in [2.45, 2.75) is 59.0 Å². The van der Waals surface area contributed by atoms with Gasteiger partial charge in [0.1, 0.15) is 0 Å². The zero-order valence-corrected chi connectivity index (χ0v) is 13.4. The average Bonchev–Trinajstić information content (AvgIpc) is 2.30. The van der Waals surface area contributed by atoms with E-state index in [4.69, 9.17) is 0 Å². The summed E-state index contributed by atoms with van der Waals surface area (Å²) in [5.74, 6) is 0.114. The molecule has 1 atom stereocenters. The molecule has 0 saturated heterocycles. The lowest BCUT2D eigenvalue weighted by Gasteiger charge is -2.21. The van der Waals surface area contributed by atoms with Gasteiger partial charge in [-0.05, 0) is 52.2 Å². The van der Waals surface area contributed by atoms with E-state index in [9.17, 15) is 4.79 Å². The Labute approximate surface area is 123 Å². The van der Waals surface area contributed by atoms with Crippen LogP contribution in [0.4, 0.5) is 0 Å². The molecule has 0 radical (unpaired) electrons. The van der Waals surface area contributed by atoms with Crippen LogP contribution in [0.5, 0.6) is 0 Å². The van der Waals surface area contributed by atoms with Crippen LogP contribution in [-0.2, 0) is 11.2 Å². The Morgan fingerprint density at radius 3 is 2.50 bits per heavy atom. The van der Waals surface area contributed by atoms with Crippen LogP contribution in [0.2, 0.25) is 0 Å². The number of carbonyl (C=O) groups is 1. The van der Waals surface area contributed by atoms with E-state index in [1.165, 1.54) is 11.1 Å². The first-order chi connectivity index (χ1) is 9.28. The maximum Gasteiger partial charge on any atom is 0.221 e. The van der Waals surface area contributed by atoms with Gasteiger partial charge < -0.3 is 10.6 Å². The molecular weight excluding hydrogens is 248 g/mol. The van der Waals surface area contributed by atoms with Crippen molar-refractivity contribution in [2.75, 3.05) is 6.54 Å².